The van der Waals surface area contributed by atoms with Gasteiger partial charge in [-0.2, -0.15) is 10.1 Å². The van der Waals surface area contributed by atoms with Gasteiger partial charge < -0.3 is 9.84 Å². The standard InChI is InChI=1S/C24H13BrCl2F2N6O2/c1-11-8-12(26)9-13(24-32-21(34-37-24)19-15(28)5-2-6-16(19)29)20(11)31-23(36)17-10-18(25)33-35(17)22-14(27)4-3-7-30-22/h2-10H,1H3,(H,31,36). The Bertz CT molecular complexity index is 1650. The summed E-state index contributed by atoms with van der Waals surface area (Å²) in [5.41, 5.74) is 0.772. The smallest absolute Gasteiger partial charge is 0.274 e. The van der Waals surface area contributed by atoms with E-state index in [9.17, 15) is 13.6 Å². The minimum atomic E-state index is -0.852. The van der Waals surface area contributed by atoms with E-state index in [2.05, 4.69) is 41.5 Å². The van der Waals surface area contributed by atoms with Crippen LogP contribution in [0.15, 0.2) is 63.9 Å². The van der Waals surface area contributed by atoms with E-state index in [4.69, 9.17) is 27.7 Å². The highest BCUT2D eigenvalue weighted by Crippen LogP contribution is 2.35. The summed E-state index contributed by atoms with van der Waals surface area (Å²) in [7, 11) is 0. The van der Waals surface area contributed by atoms with Crippen molar-refractivity contribution in [1.82, 2.24) is 24.9 Å². The van der Waals surface area contributed by atoms with Crippen molar-refractivity contribution in [3.8, 4) is 28.7 Å². The van der Waals surface area contributed by atoms with Crippen LogP contribution in [0.4, 0.5) is 14.5 Å². The zero-order valence-corrected chi connectivity index (χ0v) is 21.7. The van der Waals surface area contributed by atoms with Crippen LogP contribution >= 0.6 is 39.1 Å². The van der Waals surface area contributed by atoms with Gasteiger partial charge in [0, 0.05) is 17.3 Å². The Hall–Kier alpha value is -3.67. The fourth-order valence-electron chi connectivity index (χ4n) is 3.61. The van der Waals surface area contributed by atoms with Crippen molar-refractivity contribution < 1.29 is 18.1 Å². The lowest BCUT2D eigenvalue weighted by atomic mass is 10.1. The highest BCUT2D eigenvalue weighted by molar-refractivity contribution is 9.10. The first-order valence-electron chi connectivity index (χ1n) is 10.5. The third-order valence-electron chi connectivity index (χ3n) is 5.23. The van der Waals surface area contributed by atoms with Gasteiger partial charge in [0.1, 0.15) is 21.9 Å². The molecule has 5 aromatic rings. The number of nitrogens with zero attached hydrogens (tertiary/aromatic N) is 5. The Kier molecular flexibility index (Phi) is 6.76. The Morgan fingerprint density at radius 3 is 2.59 bits per heavy atom. The molecule has 37 heavy (non-hydrogen) atoms. The molecule has 0 aliphatic heterocycles. The predicted molar refractivity (Wildman–Crippen MR) is 137 cm³/mol. The Morgan fingerprint density at radius 1 is 1.11 bits per heavy atom. The van der Waals surface area contributed by atoms with E-state index in [-0.39, 0.29) is 39.5 Å². The molecule has 0 atom stereocenters. The van der Waals surface area contributed by atoms with E-state index >= 15 is 0 Å². The summed E-state index contributed by atoms with van der Waals surface area (Å²) < 4.78 is 35.5. The number of hydrogen-bond donors (Lipinski definition) is 1. The first kappa shape index (κ1) is 25.0. The SMILES string of the molecule is Cc1cc(Cl)cc(-c2nc(-c3c(F)cccc3F)no2)c1NC(=O)c1cc(Br)nn1-c1ncccc1Cl. The third-order valence-corrected chi connectivity index (χ3v) is 6.13. The molecule has 0 aliphatic rings. The van der Waals surface area contributed by atoms with E-state index in [0.717, 1.165) is 12.1 Å². The molecule has 186 valence electrons. The van der Waals surface area contributed by atoms with Crippen molar-refractivity contribution in [1.29, 1.82) is 0 Å². The highest BCUT2D eigenvalue weighted by Gasteiger charge is 2.24. The number of benzene rings is 2. The lowest BCUT2D eigenvalue weighted by Gasteiger charge is -2.13. The van der Waals surface area contributed by atoms with Crippen LogP contribution in [0.3, 0.4) is 0 Å². The predicted octanol–water partition coefficient (Wildman–Crippen LogP) is 6.89. The van der Waals surface area contributed by atoms with Crippen molar-refractivity contribution in [3.63, 3.8) is 0 Å². The lowest BCUT2D eigenvalue weighted by molar-refractivity contribution is 0.101. The summed E-state index contributed by atoms with van der Waals surface area (Å²) in [4.78, 5) is 21.8. The van der Waals surface area contributed by atoms with Gasteiger partial charge in [0.15, 0.2) is 5.82 Å². The van der Waals surface area contributed by atoms with Crippen molar-refractivity contribution in [2.45, 2.75) is 6.92 Å². The van der Waals surface area contributed by atoms with Crippen LogP contribution in [0.5, 0.6) is 0 Å². The van der Waals surface area contributed by atoms with Gasteiger partial charge in [0.05, 0.1) is 21.8 Å². The fourth-order valence-corrected chi connectivity index (χ4v) is 4.46. The van der Waals surface area contributed by atoms with Crippen LogP contribution in [0.2, 0.25) is 10.0 Å². The summed E-state index contributed by atoms with van der Waals surface area (Å²) >= 11 is 15.8. The van der Waals surface area contributed by atoms with E-state index in [1.54, 1.807) is 25.1 Å². The van der Waals surface area contributed by atoms with Gasteiger partial charge >= 0.3 is 0 Å². The molecule has 2 aromatic carbocycles. The maximum Gasteiger partial charge on any atom is 0.274 e. The second-order valence-corrected chi connectivity index (χ2v) is 9.35. The van der Waals surface area contributed by atoms with Crippen molar-refractivity contribution >= 4 is 50.7 Å². The number of carbonyl (C=O) groups is 1. The second-order valence-electron chi connectivity index (χ2n) is 7.69. The molecule has 3 aromatic heterocycles. The van der Waals surface area contributed by atoms with Crippen LogP contribution < -0.4 is 5.32 Å². The molecular formula is C24H13BrCl2F2N6O2. The molecule has 13 heteroatoms. The molecule has 5 rings (SSSR count). The highest BCUT2D eigenvalue weighted by atomic mass is 79.9. The quantitative estimate of drug-likeness (QED) is 0.234. The molecular weight excluding hydrogens is 593 g/mol. The van der Waals surface area contributed by atoms with Crippen LogP contribution in [-0.2, 0) is 0 Å². The van der Waals surface area contributed by atoms with Gasteiger partial charge in [-0.3, -0.25) is 4.79 Å². The first-order chi connectivity index (χ1) is 17.7. The van der Waals surface area contributed by atoms with Gasteiger partial charge in [-0.1, -0.05) is 34.4 Å². The van der Waals surface area contributed by atoms with Crippen molar-refractivity contribution in [3.05, 3.63) is 92.3 Å². The molecule has 8 nitrogen and oxygen atoms in total. The van der Waals surface area contributed by atoms with Crippen LogP contribution in [-0.4, -0.2) is 30.8 Å². The molecule has 0 aliphatic carbocycles. The van der Waals surface area contributed by atoms with Crippen LogP contribution in [0.25, 0.3) is 28.7 Å². The molecule has 1 amide bonds. The molecule has 1 N–H and O–H groups in total. The number of amides is 1. The zero-order valence-electron chi connectivity index (χ0n) is 18.6. The van der Waals surface area contributed by atoms with E-state index < -0.39 is 23.1 Å². The third kappa shape index (κ3) is 4.85. The Labute approximate surface area is 226 Å². The number of halogens is 5. The average molecular weight is 606 g/mol. The largest absolute Gasteiger partial charge is 0.334 e. The normalized spacial score (nSPS) is 11.1. The first-order valence-corrected chi connectivity index (χ1v) is 12.0. The topological polar surface area (TPSA) is 98.7 Å². The van der Waals surface area contributed by atoms with Gasteiger partial charge in [-0.25, -0.2) is 18.4 Å². The summed E-state index contributed by atoms with van der Waals surface area (Å²) in [6.45, 7) is 1.71. The number of anilines is 1. The minimum absolute atomic E-state index is 0.110. The monoisotopic (exact) mass is 604 g/mol. The lowest BCUT2D eigenvalue weighted by Crippen LogP contribution is -2.18. The molecule has 0 unspecified atom stereocenters. The zero-order chi connectivity index (χ0) is 26.3. The molecule has 0 bridgehead atoms. The minimum Gasteiger partial charge on any atom is -0.334 e. The fraction of sp³-hybridized carbons (Fsp3) is 0.0417. The van der Waals surface area contributed by atoms with Crippen molar-refractivity contribution in [2.75, 3.05) is 5.32 Å². The summed E-state index contributed by atoms with van der Waals surface area (Å²) in [6, 6.07) is 11.3. The number of carbonyl (C=O) groups excluding carboxylic acids is 1. The van der Waals surface area contributed by atoms with Crippen LogP contribution in [0.1, 0.15) is 16.1 Å². The van der Waals surface area contributed by atoms with Gasteiger partial charge in [-0.05, 0) is 64.8 Å². The molecule has 0 radical (unpaired) electrons. The second kappa shape index (κ2) is 10.0. The number of pyridine rings is 1. The molecule has 0 saturated carbocycles. The molecule has 0 spiro atoms. The average Bonchev–Trinajstić information content (AvgIpc) is 3.48. The number of rotatable bonds is 5. The van der Waals surface area contributed by atoms with Gasteiger partial charge in [0.2, 0.25) is 5.82 Å². The maximum absolute atomic E-state index is 14.3. The van der Waals surface area contributed by atoms with E-state index in [1.807, 2.05) is 0 Å². The Balaban J connectivity index is 1.56. The van der Waals surface area contributed by atoms with Gasteiger partial charge in [0.25, 0.3) is 11.8 Å². The van der Waals surface area contributed by atoms with Crippen molar-refractivity contribution in [2.24, 2.45) is 0 Å². The number of nitrogens with one attached hydrogen (secondary N) is 1. The van der Waals surface area contributed by atoms with E-state index in [1.165, 1.54) is 29.1 Å². The summed E-state index contributed by atoms with van der Waals surface area (Å²) in [5, 5.41) is 11.4. The molecule has 0 saturated heterocycles. The number of aryl methyl sites for hydroxylation is 1. The summed E-state index contributed by atoms with van der Waals surface area (Å²) in [5.74, 6) is -2.42. The maximum atomic E-state index is 14.3. The van der Waals surface area contributed by atoms with E-state index in [0.29, 0.717) is 15.2 Å². The summed E-state index contributed by atoms with van der Waals surface area (Å²) in [6.07, 6.45) is 1.52. The Morgan fingerprint density at radius 2 is 1.86 bits per heavy atom. The number of aromatic nitrogens is 5. The molecule has 0 fully saturated rings. The van der Waals surface area contributed by atoms with Crippen LogP contribution in [0, 0.1) is 18.6 Å². The molecule has 3 heterocycles. The number of hydrogen-bond acceptors (Lipinski definition) is 6. The van der Waals surface area contributed by atoms with Gasteiger partial charge in [-0.15, -0.1) is 0 Å².